The summed E-state index contributed by atoms with van der Waals surface area (Å²) in [4.78, 5) is 0. The van der Waals surface area contributed by atoms with E-state index < -0.39 is 0 Å². The highest BCUT2D eigenvalue weighted by molar-refractivity contribution is 5.74. The van der Waals surface area contributed by atoms with Crippen molar-refractivity contribution in [2.75, 3.05) is 0 Å². The molecule has 0 fully saturated rings. The fraction of sp³-hybridized carbons (Fsp3) is 0. The van der Waals surface area contributed by atoms with E-state index in [1.165, 1.54) is 12.5 Å². The molecule has 1 rings (SSSR count). The van der Waals surface area contributed by atoms with Gasteiger partial charge in [0.1, 0.15) is 12.0 Å². The second-order valence-corrected chi connectivity index (χ2v) is 1.26. The van der Waals surface area contributed by atoms with Crippen LogP contribution in [-0.4, -0.2) is 11.4 Å². The highest BCUT2D eigenvalue weighted by atomic mass is 16.4. The Balaban J connectivity index is 2.77. The molecule has 0 saturated heterocycles. The molecule has 1 N–H and O–H groups in total. The fourth-order valence-electron chi connectivity index (χ4n) is 0.422. The molecule has 0 amide bonds. The van der Waals surface area contributed by atoms with E-state index in [1.54, 1.807) is 12.1 Å². The van der Waals surface area contributed by atoms with Gasteiger partial charge in [-0.25, -0.2) is 0 Å². The highest BCUT2D eigenvalue weighted by Crippen LogP contribution is 1.93. The van der Waals surface area contributed by atoms with Gasteiger partial charge >= 0.3 is 0 Å². The van der Waals surface area contributed by atoms with Crippen molar-refractivity contribution in [2.45, 2.75) is 0 Å². The van der Waals surface area contributed by atoms with Gasteiger partial charge in [0, 0.05) is 0 Å². The molecule has 0 bridgehead atoms. The molecule has 0 radical (unpaired) electrons. The Morgan fingerprint density at radius 3 is 3.12 bits per heavy atom. The molecule has 0 aliphatic rings. The van der Waals surface area contributed by atoms with Crippen LogP contribution in [0.4, 0.5) is 0 Å². The summed E-state index contributed by atoms with van der Waals surface area (Å²) in [6.07, 6.45) is 2.73. The van der Waals surface area contributed by atoms with Crippen molar-refractivity contribution in [3.63, 3.8) is 0 Å². The zero-order chi connectivity index (χ0) is 5.82. The zero-order valence-electron chi connectivity index (χ0n) is 4.11. The first-order valence-electron chi connectivity index (χ1n) is 2.14. The molecule has 1 aromatic heterocycles. The van der Waals surface area contributed by atoms with Crippen LogP contribution in [0.2, 0.25) is 0 Å². The molecule has 0 aliphatic heterocycles. The molecule has 0 saturated carbocycles. The van der Waals surface area contributed by atoms with Crippen LogP contribution in [0.3, 0.4) is 0 Å². The minimum atomic E-state index is 0.549. The Labute approximate surface area is 46.2 Å². The molecule has 0 aromatic carbocycles. The summed E-state index contributed by atoms with van der Waals surface area (Å²) in [5, 5.41) is 10.7. The van der Waals surface area contributed by atoms with Crippen molar-refractivity contribution in [1.82, 2.24) is 0 Å². The third-order valence-corrected chi connectivity index (χ3v) is 0.728. The molecule has 1 aromatic rings. The predicted octanol–water partition coefficient (Wildman–Crippen LogP) is 1.09. The van der Waals surface area contributed by atoms with Crippen LogP contribution in [0.15, 0.2) is 28.0 Å². The SMILES string of the molecule is O/N=C\c1ccco1. The van der Waals surface area contributed by atoms with Crippen molar-refractivity contribution >= 4 is 6.21 Å². The van der Waals surface area contributed by atoms with Crippen molar-refractivity contribution in [2.24, 2.45) is 5.16 Å². The normalized spacial score (nSPS) is 10.5. The molecule has 42 valence electrons. The van der Waals surface area contributed by atoms with Crippen molar-refractivity contribution < 1.29 is 9.62 Å². The molecular weight excluding hydrogens is 106 g/mol. The molecule has 0 aliphatic carbocycles. The van der Waals surface area contributed by atoms with E-state index in [0.29, 0.717) is 5.76 Å². The Bertz CT molecular complexity index is 167. The van der Waals surface area contributed by atoms with Crippen LogP contribution in [0.1, 0.15) is 5.76 Å². The highest BCUT2D eigenvalue weighted by Gasteiger charge is 1.84. The van der Waals surface area contributed by atoms with E-state index in [9.17, 15) is 0 Å². The monoisotopic (exact) mass is 111 g/mol. The van der Waals surface area contributed by atoms with Gasteiger partial charge in [-0.15, -0.1) is 0 Å². The lowest BCUT2D eigenvalue weighted by Crippen LogP contribution is -1.70. The number of nitrogens with zero attached hydrogens (tertiary/aromatic N) is 1. The van der Waals surface area contributed by atoms with Crippen molar-refractivity contribution in [3.8, 4) is 0 Å². The standard InChI is InChI=1S/C5H5NO2/c7-6-4-5-2-1-3-8-5/h1-4,7H/b6-4-. The topological polar surface area (TPSA) is 45.7 Å². The number of hydrogen-bond acceptors (Lipinski definition) is 3. The maximum atomic E-state index is 7.95. The molecule has 8 heavy (non-hydrogen) atoms. The van der Waals surface area contributed by atoms with Gasteiger partial charge in [-0.1, -0.05) is 5.16 Å². The number of rotatable bonds is 1. The van der Waals surface area contributed by atoms with Gasteiger partial charge in [0.25, 0.3) is 0 Å². The molecule has 3 heteroatoms. The lowest BCUT2D eigenvalue weighted by molar-refractivity contribution is 0.320. The lowest BCUT2D eigenvalue weighted by Gasteiger charge is -1.74. The van der Waals surface area contributed by atoms with E-state index in [4.69, 9.17) is 9.62 Å². The first-order valence-corrected chi connectivity index (χ1v) is 2.14. The van der Waals surface area contributed by atoms with Crippen LogP contribution in [0.25, 0.3) is 0 Å². The Kier molecular flexibility index (Phi) is 1.32. The van der Waals surface area contributed by atoms with Gasteiger partial charge < -0.3 is 9.62 Å². The van der Waals surface area contributed by atoms with E-state index >= 15 is 0 Å². The summed E-state index contributed by atoms with van der Waals surface area (Å²) in [6, 6.07) is 3.41. The molecule has 1 heterocycles. The Hall–Kier alpha value is -1.25. The van der Waals surface area contributed by atoms with E-state index in [-0.39, 0.29) is 0 Å². The lowest BCUT2D eigenvalue weighted by atomic mass is 10.5. The third kappa shape index (κ3) is 0.872. The smallest absolute Gasteiger partial charge is 0.148 e. The van der Waals surface area contributed by atoms with Gasteiger partial charge in [0.05, 0.1) is 6.26 Å². The number of furan rings is 1. The van der Waals surface area contributed by atoms with E-state index in [2.05, 4.69) is 5.16 Å². The molecule has 0 atom stereocenters. The first-order chi connectivity index (χ1) is 3.93. The van der Waals surface area contributed by atoms with Gasteiger partial charge in [-0.2, -0.15) is 0 Å². The third-order valence-electron chi connectivity index (χ3n) is 0.728. The maximum absolute atomic E-state index is 7.95. The van der Waals surface area contributed by atoms with Crippen molar-refractivity contribution in [3.05, 3.63) is 24.2 Å². The molecule has 0 unspecified atom stereocenters. The molecular formula is C5H5NO2. The van der Waals surface area contributed by atoms with Gasteiger partial charge in [0.2, 0.25) is 0 Å². The minimum absolute atomic E-state index is 0.549. The van der Waals surface area contributed by atoms with Crippen LogP contribution < -0.4 is 0 Å². The van der Waals surface area contributed by atoms with E-state index in [0.717, 1.165) is 0 Å². The van der Waals surface area contributed by atoms with Crippen molar-refractivity contribution in [1.29, 1.82) is 0 Å². The summed E-state index contributed by atoms with van der Waals surface area (Å²) in [7, 11) is 0. The van der Waals surface area contributed by atoms with Gasteiger partial charge in [-0.3, -0.25) is 0 Å². The summed E-state index contributed by atoms with van der Waals surface area (Å²) in [5.41, 5.74) is 0. The summed E-state index contributed by atoms with van der Waals surface area (Å²) < 4.78 is 4.76. The Morgan fingerprint density at radius 1 is 1.75 bits per heavy atom. The summed E-state index contributed by atoms with van der Waals surface area (Å²) in [5.74, 6) is 0.549. The van der Waals surface area contributed by atoms with Crippen LogP contribution >= 0.6 is 0 Å². The number of hydrogen-bond donors (Lipinski definition) is 1. The Morgan fingerprint density at radius 2 is 2.62 bits per heavy atom. The second-order valence-electron chi connectivity index (χ2n) is 1.26. The number of oxime groups is 1. The first kappa shape index (κ1) is 4.90. The van der Waals surface area contributed by atoms with Crippen LogP contribution in [0.5, 0.6) is 0 Å². The summed E-state index contributed by atoms with van der Waals surface area (Å²) in [6.45, 7) is 0. The largest absolute Gasteiger partial charge is 0.463 e. The maximum Gasteiger partial charge on any atom is 0.148 e. The fourth-order valence-corrected chi connectivity index (χ4v) is 0.422. The van der Waals surface area contributed by atoms with Gasteiger partial charge in [-0.05, 0) is 12.1 Å². The van der Waals surface area contributed by atoms with Crippen LogP contribution in [0, 0.1) is 0 Å². The average Bonchev–Trinajstić information content (AvgIpc) is 2.19. The van der Waals surface area contributed by atoms with Gasteiger partial charge in [0.15, 0.2) is 0 Å². The quantitative estimate of drug-likeness (QED) is 0.335. The van der Waals surface area contributed by atoms with Crippen LogP contribution in [-0.2, 0) is 0 Å². The van der Waals surface area contributed by atoms with E-state index in [1.807, 2.05) is 0 Å². The average molecular weight is 111 g/mol. The summed E-state index contributed by atoms with van der Waals surface area (Å²) >= 11 is 0. The second kappa shape index (κ2) is 2.16. The molecule has 0 spiro atoms. The minimum Gasteiger partial charge on any atom is -0.463 e. The molecule has 3 nitrogen and oxygen atoms in total. The predicted molar refractivity (Wildman–Crippen MR) is 28.1 cm³/mol. The zero-order valence-corrected chi connectivity index (χ0v) is 4.11.